The van der Waals surface area contributed by atoms with Gasteiger partial charge in [-0.3, -0.25) is 10.1 Å². The minimum absolute atomic E-state index is 0.00817. The number of ether oxygens (including phenoxy) is 1. The van der Waals surface area contributed by atoms with Crippen LogP contribution in [-0.2, 0) is 0 Å². The highest BCUT2D eigenvalue weighted by Gasteiger charge is 2.18. The van der Waals surface area contributed by atoms with E-state index in [1.54, 1.807) is 6.07 Å². The van der Waals surface area contributed by atoms with Gasteiger partial charge in [0.1, 0.15) is 18.0 Å². The number of halogens is 1. The first kappa shape index (κ1) is 12.3. The zero-order valence-electron chi connectivity index (χ0n) is 8.36. The number of nitrogens with one attached hydrogen (secondary N) is 1. The molecule has 0 atom stereocenters. The molecule has 84 valence electrons. The summed E-state index contributed by atoms with van der Waals surface area (Å²) in [6.45, 7) is -0.00817. The molecule has 0 heterocycles. The van der Waals surface area contributed by atoms with Crippen LogP contribution in [0, 0.1) is 21.4 Å². The molecule has 0 spiro atoms. The van der Waals surface area contributed by atoms with Crippen molar-refractivity contribution in [2.24, 2.45) is 0 Å². The van der Waals surface area contributed by atoms with Crippen LogP contribution in [0.1, 0.15) is 0 Å². The van der Waals surface area contributed by atoms with Crippen LogP contribution in [0.15, 0.2) is 16.6 Å². The fraction of sp³-hybridized carbons (Fsp3) is 0.222. The smallest absolute Gasteiger partial charge is 0.297 e. The van der Waals surface area contributed by atoms with Gasteiger partial charge in [0, 0.05) is 0 Å². The zero-order chi connectivity index (χ0) is 12.1. The normalized spacial score (nSPS) is 9.31. The minimum Gasteiger partial charge on any atom is -0.496 e. The lowest BCUT2D eigenvalue weighted by molar-refractivity contribution is -0.384. The van der Waals surface area contributed by atoms with Gasteiger partial charge in [-0.25, -0.2) is 0 Å². The average Bonchev–Trinajstić information content (AvgIpc) is 2.26. The number of hydrogen-bond acceptors (Lipinski definition) is 5. The van der Waals surface area contributed by atoms with Gasteiger partial charge in [0.2, 0.25) is 0 Å². The summed E-state index contributed by atoms with van der Waals surface area (Å²) in [5.74, 6) is 0.376. The van der Waals surface area contributed by atoms with Crippen LogP contribution in [0.3, 0.4) is 0 Å². The summed E-state index contributed by atoms with van der Waals surface area (Å²) in [6, 6.07) is 4.74. The van der Waals surface area contributed by atoms with Crippen LogP contribution < -0.4 is 10.1 Å². The third-order valence-electron chi connectivity index (χ3n) is 1.82. The van der Waals surface area contributed by atoms with Crippen molar-refractivity contribution in [1.82, 2.24) is 0 Å². The Morgan fingerprint density at radius 3 is 2.88 bits per heavy atom. The van der Waals surface area contributed by atoms with Crippen molar-refractivity contribution in [2.75, 3.05) is 19.0 Å². The van der Waals surface area contributed by atoms with Crippen molar-refractivity contribution in [3.8, 4) is 11.8 Å². The molecule has 7 heteroatoms. The quantitative estimate of drug-likeness (QED) is 0.521. The first-order valence-electron chi connectivity index (χ1n) is 4.23. The highest BCUT2D eigenvalue weighted by molar-refractivity contribution is 9.10. The fourth-order valence-corrected chi connectivity index (χ4v) is 1.70. The molecule has 0 aliphatic heterocycles. The Kier molecular flexibility index (Phi) is 4.08. The summed E-state index contributed by atoms with van der Waals surface area (Å²) >= 11 is 3.18. The number of nitriles is 1. The molecule has 1 aromatic rings. The Labute approximate surface area is 100 Å². The summed E-state index contributed by atoms with van der Waals surface area (Å²) in [7, 11) is 1.42. The van der Waals surface area contributed by atoms with Gasteiger partial charge in [0.05, 0.1) is 28.6 Å². The topological polar surface area (TPSA) is 88.2 Å². The second-order valence-corrected chi connectivity index (χ2v) is 3.63. The van der Waals surface area contributed by atoms with Crippen molar-refractivity contribution in [3.05, 3.63) is 26.7 Å². The lowest BCUT2D eigenvalue weighted by Crippen LogP contribution is -2.03. The van der Waals surface area contributed by atoms with Crippen molar-refractivity contribution in [2.45, 2.75) is 0 Å². The van der Waals surface area contributed by atoms with E-state index in [0.717, 1.165) is 0 Å². The molecular weight excluding hydrogens is 278 g/mol. The van der Waals surface area contributed by atoms with E-state index in [1.807, 2.05) is 6.07 Å². The molecule has 16 heavy (non-hydrogen) atoms. The standard InChI is InChI=1S/C9H8BrN3O3/c1-16-6-4-7(10)9(12-3-2-11)8(5-6)13(14)15/h4-5,12H,3H2,1H3. The molecule has 0 aromatic heterocycles. The Morgan fingerprint density at radius 1 is 1.69 bits per heavy atom. The monoisotopic (exact) mass is 285 g/mol. The molecule has 6 nitrogen and oxygen atoms in total. The maximum atomic E-state index is 10.8. The van der Waals surface area contributed by atoms with E-state index >= 15 is 0 Å². The van der Waals surface area contributed by atoms with Gasteiger partial charge >= 0.3 is 0 Å². The molecule has 0 unspecified atom stereocenters. The van der Waals surface area contributed by atoms with Gasteiger partial charge in [-0.2, -0.15) is 5.26 Å². The second-order valence-electron chi connectivity index (χ2n) is 2.77. The number of benzene rings is 1. The van der Waals surface area contributed by atoms with Crippen molar-refractivity contribution in [3.63, 3.8) is 0 Å². The number of nitrogens with zero attached hydrogens (tertiary/aromatic N) is 2. The summed E-state index contributed by atoms with van der Waals surface area (Å²) in [6.07, 6.45) is 0. The molecule has 0 radical (unpaired) electrons. The third kappa shape index (κ3) is 2.61. The molecule has 0 aliphatic rings. The first-order valence-corrected chi connectivity index (χ1v) is 5.02. The van der Waals surface area contributed by atoms with E-state index in [0.29, 0.717) is 10.2 Å². The Balaban J connectivity index is 3.23. The lowest BCUT2D eigenvalue weighted by Gasteiger charge is -2.08. The largest absolute Gasteiger partial charge is 0.496 e. The van der Waals surface area contributed by atoms with Crippen LogP contribution in [-0.4, -0.2) is 18.6 Å². The molecule has 1 N–H and O–H groups in total. The van der Waals surface area contributed by atoms with Gasteiger partial charge in [0.25, 0.3) is 5.69 Å². The third-order valence-corrected chi connectivity index (χ3v) is 2.44. The van der Waals surface area contributed by atoms with Crippen LogP contribution in [0.5, 0.6) is 5.75 Å². The van der Waals surface area contributed by atoms with Crippen molar-refractivity contribution in [1.29, 1.82) is 5.26 Å². The van der Waals surface area contributed by atoms with Crippen molar-refractivity contribution >= 4 is 27.3 Å². The molecule has 0 saturated heterocycles. The maximum Gasteiger partial charge on any atom is 0.297 e. The predicted octanol–water partition coefficient (Wildman–Crippen LogP) is 2.30. The average molecular weight is 286 g/mol. The van der Waals surface area contributed by atoms with E-state index < -0.39 is 4.92 Å². The molecular formula is C9H8BrN3O3. The number of methoxy groups -OCH3 is 1. The minimum atomic E-state index is -0.535. The molecule has 0 aliphatic carbocycles. The number of hydrogen-bond donors (Lipinski definition) is 1. The van der Waals surface area contributed by atoms with Gasteiger partial charge in [-0.15, -0.1) is 0 Å². The Morgan fingerprint density at radius 2 is 2.38 bits per heavy atom. The molecule has 1 aromatic carbocycles. The number of nitro benzene ring substituents is 1. The van der Waals surface area contributed by atoms with E-state index in [4.69, 9.17) is 10.00 Å². The van der Waals surface area contributed by atoms with Gasteiger partial charge < -0.3 is 10.1 Å². The van der Waals surface area contributed by atoms with Gasteiger partial charge in [-0.1, -0.05) is 0 Å². The second kappa shape index (κ2) is 5.32. The van der Waals surface area contributed by atoms with Crippen LogP contribution >= 0.6 is 15.9 Å². The van der Waals surface area contributed by atoms with Gasteiger partial charge in [-0.05, 0) is 22.0 Å². The summed E-state index contributed by atoms with van der Waals surface area (Å²) in [5, 5.41) is 21.9. The number of rotatable bonds is 4. The lowest BCUT2D eigenvalue weighted by atomic mass is 10.2. The van der Waals surface area contributed by atoms with Crippen molar-refractivity contribution < 1.29 is 9.66 Å². The fourth-order valence-electron chi connectivity index (χ4n) is 1.13. The molecule has 0 amide bonds. The molecule has 0 fully saturated rings. The van der Waals surface area contributed by atoms with Crippen LogP contribution in [0.2, 0.25) is 0 Å². The summed E-state index contributed by atoms with van der Waals surface area (Å²) < 4.78 is 5.40. The van der Waals surface area contributed by atoms with Crippen LogP contribution in [0.25, 0.3) is 0 Å². The highest BCUT2D eigenvalue weighted by atomic mass is 79.9. The van der Waals surface area contributed by atoms with Gasteiger partial charge in [0.15, 0.2) is 0 Å². The number of anilines is 1. The molecule has 1 rings (SSSR count). The maximum absolute atomic E-state index is 10.8. The predicted molar refractivity (Wildman–Crippen MR) is 61.5 cm³/mol. The van der Waals surface area contributed by atoms with E-state index in [9.17, 15) is 10.1 Å². The van der Waals surface area contributed by atoms with E-state index in [-0.39, 0.29) is 17.9 Å². The zero-order valence-corrected chi connectivity index (χ0v) is 9.94. The van der Waals surface area contributed by atoms with E-state index in [1.165, 1.54) is 13.2 Å². The Bertz CT molecular complexity index is 456. The number of nitro groups is 1. The first-order chi connectivity index (χ1) is 7.60. The summed E-state index contributed by atoms with van der Waals surface area (Å²) in [4.78, 5) is 10.3. The Hall–Kier alpha value is -1.81. The summed E-state index contributed by atoms with van der Waals surface area (Å²) in [5.41, 5.74) is 0.133. The van der Waals surface area contributed by atoms with Crippen LogP contribution in [0.4, 0.5) is 11.4 Å². The SMILES string of the molecule is COc1cc(Br)c(NCC#N)c([N+](=O)[O-])c1. The molecule has 0 saturated carbocycles. The molecule has 0 bridgehead atoms. The van der Waals surface area contributed by atoms with E-state index in [2.05, 4.69) is 21.2 Å². The highest BCUT2D eigenvalue weighted by Crippen LogP contribution is 2.36.